The fraction of sp³-hybridized carbons (Fsp3) is 0.235. The maximum Gasteiger partial charge on any atom is 0.259 e. The zero-order chi connectivity index (χ0) is 15.8. The quantitative estimate of drug-likeness (QED) is 0.775. The lowest BCUT2D eigenvalue weighted by molar-refractivity contribution is 0.102. The van der Waals surface area contributed by atoms with E-state index in [2.05, 4.69) is 15.3 Å². The summed E-state index contributed by atoms with van der Waals surface area (Å²) < 4.78 is 13.8. The molecule has 2 heterocycles. The Hall–Kier alpha value is -2.34. The SMILES string of the molecule is O=C(Nc1ncnc2sc3c(c12)CCCC3)c1ccccc1F. The Bertz CT molecular complexity index is 906. The lowest BCUT2D eigenvalue weighted by Gasteiger charge is -2.12. The van der Waals surface area contributed by atoms with Crippen molar-refractivity contribution in [3.63, 3.8) is 0 Å². The molecule has 23 heavy (non-hydrogen) atoms. The lowest BCUT2D eigenvalue weighted by Crippen LogP contribution is -2.15. The maximum absolute atomic E-state index is 13.8. The standard InChI is InChI=1S/C17H14FN3OS/c18-12-7-3-1-5-10(12)16(22)21-15-14-11-6-2-4-8-13(11)23-17(14)20-9-19-15/h1,3,5,7,9H,2,4,6,8H2,(H,19,20,21,22). The summed E-state index contributed by atoms with van der Waals surface area (Å²) in [6.07, 6.45) is 5.79. The van der Waals surface area contributed by atoms with Crippen molar-refractivity contribution in [3.05, 3.63) is 52.4 Å². The highest BCUT2D eigenvalue weighted by Gasteiger charge is 2.21. The molecule has 116 valence electrons. The summed E-state index contributed by atoms with van der Waals surface area (Å²) in [6, 6.07) is 5.94. The van der Waals surface area contributed by atoms with Crippen molar-refractivity contribution >= 4 is 33.3 Å². The van der Waals surface area contributed by atoms with Gasteiger partial charge in [0.2, 0.25) is 0 Å². The molecule has 6 heteroatoms. The van der Waals surface area contributed by atoms with E-state index in [9.17, 15) is 9.18 Å². The van der Waals surface area contributed by atoms with Crippen molar-refractivity contribution in [2.24, 2.45) is 0 Å². The van der Waals surface area contributed by atoms with Gasteiger partial charge in [0.15, 0.2) is 0 Å². The summed E-state index contributed by atoms with van der Waals surface area (Å²) in [5.74, 6) is -0.552. The summed E-state index contributed by atoms with van der Waals surface area (Å²) in [6.45, 7) is 0. The first kappa shape index (κ1) is 14.3. The number of amides is 1. The number of aryl methyl sites for hydroxylation is 2. The van der Waals surface area contributed by atoms with Crippen molar-refractivity contribution in [1.82, 2.24) is 9.97 Å². The predicted octanol–water partition coefficient (Wildman–Crippen LogP) is 3.96. The number of hydrogen-bond acceptors (Lipinski definition) is 4. The fourth-order valence-electron chi connectivity index (χ4n) is 3.01. The molecule has 0 saturated heterocycles. The van der Waals surface area contributed by atoms with Crippen LogP contribution in [0.25, 0.3) is 10.2 Å². The van der Waals surface area contributed by atoms with Crippen LogP contribution in [-0.4, -0.2) is 15.9 Å². The zero-order valence-electron chi connectivity index (χ0n) is 12.3. The molecule has 0 spiro atoms. The van der Waals surface area contributed by atoms with Gasteiger partial charge in [-0.3, -0.25) is 4.79 Å². The van der Waals surface area contributed by atoms with Crippen molar-refractivity contribution < 1.29 is 9.18 Å². The van der Waals surface area contributed by atoms with E-state index in [1.807, 2.05) is 0 Å². The van der Waals surface area contributed by atoms with Gasteiger partial charge < -0.3 is 5.32 Å². The van der Waals surface area contributed by atoms with E-state index >= 15 is 0 Å². The second-order valence-electron chi connectivity index (χ2n) is 5.55. The lowest BCUT2D eigenvalue weighted by atomic mass is 9.97. The summed E-state index contributed by atoms with van der Waals surface area (Å²) in [4.78, 5) is 23.1. The second-order valence-corrected chi connectivity index (χ2v) is 6.63. The van der Waals surface area contributed by atoms with Crippen molar-refractivity contribution in [1.29, 1.82) is 0 Å². The molecular weight excluding hydrogens is 313 g/mol. The van der Waals surface area contributed by atoms with Crippen LogP contribution in [-0.2, 0) is 12.8 Å². The van der Waals surface area contributed by atoms with E-state index in [4.69, 9.17) is 0 Å². The predicted molar refractivity (Wildman–Crippen MR) is 88.4 cm³/mol. The summed E-state index contributed by atoms with van der Waals surface area (Å²) >= 11 is 1.66. The van der Waals surface area contributed by atoms with Gasteiger partial charge in [0.05, 0.1) is 10.9 Å². The number of halogens is 1. The van der Waals surface area contributed by atoms with E-state index in [-0.39, 0.29) is 5.56 Å². The van der Waals surface area contributed by atoms with E-state index in [0.29, 0.717) is 5.82 Å². The van der Waals surface area contributed by atoms with Crippen molar-refractivity contribution in [2.75, 3.05) is 5.32 Å². The highest BCUT2D eigenvalue weighted by molar-refractivity contribution is 7.19. The van der Waals surface area contributed by atoms with Crippen LogP contribution in [0, 0.1) is 5.82 Å². The summed E-state index contributed by atoms with van der Waals surface area (Å²) in [5, 5.41) is 3.67. The van der Waals surface area contributed by atoms with Crippen LogP contribution in [0.5, 0.6) is 0 Å². The Balaban J connectivity index is 1.76. The van der Waals surface area contributed by atoms with Gasteiger partial charge in [0.25, 0.3) is 5.91 Å². The van der Waals surface area contributed by atoms with Crippen LogP contribution in [0.3, 0.4) is 0 Å². The molecule has 2 aromatic heterocycles. The average molecular weight is 327 g/mol. The zero-order valence-corrected chi connectivity index (χ0v) is 13.1. The molecule has 1 amide bonds. The number of rotatable bonds is 2. The molecule has 0 fully saturated rings. The van der Waals surface area contributed by atoms with Gasteiger partial charge >= 0.3 is 0 Å². The Morgan fingerprint density at radius 3 is 2.87 bits per heavy atom. The first-order chi connectivity index (χ1) is 11.2. The van der Waals surface area contributed by atoms with E-state index < -0.39 is 11.7 Å². The Labute approximate surface area is 136 Å². The third-order valence-electron chi connectivity index (χ3n) is 4.10. The van der Waals surface area contributed by atoms with Gasteiger partial charge in [0.1, 0.15) is 22.8 Å². The molecule has 3 aromatic rings. The minimum atomic E-state index is -0.539. The van der Waals surface area contributed by atoms with Gasteiger partial charge in [-0.2, -0.15) is 0 Å². The minimum absolute atomic E-state index is 0.0170. The highest BCUT2D eigenvalue weighted by atomic mass is 32.1. The number of benzene rings is 1. The monoisotopic (exact) mass is 327 g/mol. The minimum Gasteiger partial charge on any atom is -0.306 e. The highest BCUT2D eigenvalue weighted by Crippen LogP contribution is 2.38. The summed E-state index contributed by atoms with van der Waals surface area (Å²) in [7, 11) is 0. The van der Waals surface area contributed by atoms with Crippen LogP contribution in [0.4, 0.5) is 10.2 Å². The third-order valence-corrected chi connectivity index (χ3v) is 5.30. The number of fused-ring (bicyclic) bond motifs is 3. The maximum atomic E-state index is 13.8. The first-order valence-electron chi connectivity index (χ1n) is 7.55. The molecule has 0 aliphatic heterocycles. The van der Waals surface area contributed by atoms with Crippen molar-refractivity contribution in [3.8, 4) is 0 Å². The van der Waals surface area contributed by atoms with Gasteiger partial charge in [0, 0.05) is 4.88 Å². The first-order valence-corrected chi connectivity index (χ1v) is 8.37. The molecule has 1 aromatic carbocycles. The van der Waals surface area contributed by atoms with Gasteiger partial charge in [-0.1, -0.05) is 12.1 Å². The molecule has 1 aliphatic rings. The van der Waals surface area contributed by atoms with Crippen LogP contribution in [0.15, 0.2) is 30.6 Å². The van der Waals surface area contributed by atoms with Gasteiger partial charge in [-0.15, -0.1) is 11.3 Å². The molecule has 4 nitrogen and oxygen atoms in total. The molecule has 0 unspecified atom stereocenters. The van der Waals surface area contributed by atoms with Crippen LogP contribution >= 0.6 is 11.3 Å². The number of thiophene rings is 1. The molecule has 4 rings (SSSR count). The van der Waals surface area contributed by atoms with E-state index in [0.717, 1.165) is 29.5 Å². The normalized spacial score (nSPS) is 13.8. The smallest absolute Gasteiger partial charge is 0.259 e. The van der Waals surface area contributed by atoms with Gasteiger partial charge in [-0.05, 0) is 43.4 Å². The molecule has 0 bridgehead atoms. The molecule has 0 saturated carbocycles. The Morgan fingerprint density at radius 2 is 2.00 bits per heavy atom. The number of hydrogen-bond donors (Lipinski definition) is 1. The van der Waals surface area contributed by atoms with Gasteiger partial charge in [-0.25, -0.2) is 14.4 Å². The number of nitrogens with one attached hydrogen (secondary N) is 1. The van der Waals surface area contributed by atoms with Crippen LogP contribution in [0.2, 0.25) is 0 Å². The molecule has 1 N–H and O–H groups in total. The Kier molecular flexibility index (Phi) is 3.53. The third kappa shape index (κ3) is 2.49. The number of carbonyl (C=O) groups excluding carboxylic acids is 1. The van der Waals surface area contributed by atoms with E-state index in [1.54, 1.807) is 23.5 Å². The second kappa shape index (κ2) is 5.70. The van der Waals surface area contributed by atoms with Crippen molar-refractivity contribution in [2.45, 2.75) is 25.7 Å². The average Bonchev–Trinajstić information content (AvgIpc) is 2.94. The molecule has 0 atom stereocenters. The molecule has 0 radical (unpaired) electrons. The van der Waals surface area contributed by atoms with Crippen LogP contribution in [0.1, 0.15) is 33.6 Å². The fourth-order valence-corrected chi connectivity index (χ4v) is 4.23. The molecular formula is C17H14FN3OS. The van der Waals surface area contributed by atoms with E-state index in [1.165, 1.54) is 35.3 Å². The largest absolute Gasteiger partial charge is 0.306 e. The number of aromatic nitrogens is 2. The topological polar surface area (TPSA) is 54.9 Å². The van der Waals surface area contributed by atoms with Crippen LogP contribution < -0.4 is 5.32 Å². The number of nitrogens with zero attached hydrogens (tertiary/aromatic N) is 2. The molecule has 1 aliphatic carbocycles. The Morgan fingerprint density at radius 1 is 1.17 bits per heavy atom. The number of carbonyl (C=O) groups is 1. The number of anilines is 1. The summed E-state index contributed by atoms with van der Waals surface area (Å²) in [5.41, 5.74) is 1.25.